The lowest BCUT2D eigenvalue weighted by molar-refractivity contribution is 0.102. The highest BCUT2D eigenvalue weighted by atomic mass is 35.5. The molecule has 0 saturated heterocycles. The third kappa shape index (κ3) is 4.81. The van der Waals surface area contributed by atoms with Crippen LogP contribution in [-0.2, 0) is 6.42 Å². The van der Waals surface area contributed by atoms with Crippen LogP contribution in [0.3, 0.4) is 0 Å². The highest BCUT2D eigenvalue weighted by molar-refractivity contribution is 6.30. The maximum absolute atomic E-state index is 12.1. The first kappa shape index (κ1) is 17.0. The third-order valence-corrected chi connectivity index (χ3v) is 3.74. The van der Waals surface area contributed by atoms with Gasteiger partial charge in [0.05, 0.1) is 5.56 Å². The van der Waals surface area contributed by atoms with E-state index < -0.39 is 0 Å². The number of hydrogen-bond donors (Lipinski definition) is 2. The molecule has 6 nitrogen and oxygen atoms in total. The van der Waals surface area contributed by atoms with Crippen molar-refractivity contribution in [1.29, 1.82) is 0 Å². The molecule has 25 heavy (non-hydrogen) atoms. The smallest absolute Gasteiger partial charge is 0.258 e. The number of halogens is 1. The van der Waals surface area contributed by atoms with E-state index >= 15 is 0 Å². The molecule has 1 amide bonds. The summed E-state index contributed by atoms with van der Waals surface area (Å²) in [4.78, 5) is 16.4. The predicted molar refractivity (Wildman–Crippen MR) is 97.1 cm³/mol. The van der Waals surface area contributed by atoms with E-state index in [2.05, 4.69) is 20.8 Å². The first-order chi connectivity index (χ1) is 12.1. The average Bonchev–Trinajstić information content (AvgIpc) is 3.00. The maximum Gasteiger partial charge on any atom is 0.258 e. The van der Waals surface area contributed by atoms with Crippen molar-refractivity contribution in [3.05, 3.63) is 70.6 Å². The Hall–Kier alpha value is -2.86. The van der Waals surface area contributed by atoms with Crippen LogP contribution in [0, 0.1) is 6.92 Å². The first-order valence-electron chi connectivity index (χ1n) is 7.79. The summed E-state index contributed by atoms with van der Waals surface area (Å²) in [5.41, 5.74) is 1.60. The molecule has 0 spiro atoms. The van der Waals surface area contributed by atoms with Crippen LogP contribution in [-0.4, -0.2) is 22.6 Å². The summed E-state index contributed by atoms with van der Waals surface area (Å²) in [6, 6.07) is 12.9. The fourth-order valence-electron chi connectivity index (χ4n) is 2.27. The Kier molecular flexibility index (Phi) is 5.30. The zero-order valence-corrected chi connectivity index (χ0v) is 14.4. The Balaban J connectivity index is 1.52. The van der Waals surface area contributed by atoms with Crippen molar-refractivity contribution in [2.75, 3.05) is 17.2 Å². The molecule has 128 valence electrons. The van der Waals surface area contributed by atoms with Gasteiger partial charge in [-0.3, -0.25) is 4.79 Å². The van der Waals surface area contributed by atoms with Gasteiger partial charge in [0.25, 0.3) is 5.91 Å². The second-order valence-electron chi connectivity index (χ2n) is 5.52. The minimum absolute atomic E-state index is 0.286. The van der Waals surface area contributed by atoms with Crippen molar-refractivity contribution < 1.29 is 9.32 Å². The summed E-state index contributed by atoms with van der Waals surface area (Å²) in [6.07, 6.45) is 2.35. The van der Waals surface area contributed by atoms with Crippen molar-refractivity contribution in [2.24, 2.45) is 0 Å². The standard InChI is InChI=1S/C18H17ClN4O2/c1-12-9-17(23-25-12)22-18(24)14-5-6-16(21-11-14)20-8-7-13-3-2-4-15(19)10-13/h2-6,9-11H,7-8H2,1H3,(H,20,21)(H,22,23,24). The highest BCUT2D eigenvalue weighted by Crippen LogP contribution is 2.13. The molecule has 0 aliphatic heterocycles. The van der Waals surface area contributed by atoms with Crippen LogP contribution in [0.4, 0.5) is 11.6 Å². The van der Waals surface area contributed by atoms with Gasteiger partial charge in [-0.05, 0) is 43.2 Å². The second kappa shape index (κ2) is 7.81. The molecule has 0 aliphatic carbocycles. The summed E-state index contributed by atoms with van der Waals surface area (Å²) in [7, 11) is 0. The summed E-state index contributed by atoms with van der Waals surface area (Å²) in [6.45, 7) is 2.48. The van der Waals surface area contributed by atoms with Gasteiger partial charge in [0.15, 0.2) is 5.82 Å². The maximum atomic E-state index is 12.1. The van der Waals surface area contributed by atoms with E-state index in [9.17, 15) is 4.79 Å². The minimum atomic E-state index is -0.286. The number of carbonyl (C=O) groups is 1. The van der Waals surface area contributed by atoms with Gasteiger partial charge in [-0.15, -0.1) is 0 Å². The lowest BCUT2D eigenvalue weighted by atomic mass is 10.1. The second-order valence-corrected chi connectivity index (χ2v) is 5.95. The molecule has 0 saturated carbocycles. The van der Waals surface area contributed by atoms with Crippen LogP contribution in [0.1, 0.15) is 21.7 Å². The fraction of sp³-hybridized carbons (Fsp3) is 0.167. The number of nitrogens with one attached hydrogen (secondary N) is 2. The molecule has 0 aliphatic rings. The molecule has 0 bridgehead atoms. The number of amides is 1. The number of aryl methyl sites for hydroxylation is 1. The monoisotopic (exact) mass is 356 g/mol. The van der Waals surface area contributed by atoms with E-state index in [4.69, 9.17) is 16.1 Å². The lowest BCUT2D eigenvalue weighted by Crippen LogP contribution is -2.13. The molecule has 7 heteroatoms. The molecule has 0 radical (unpaired) electrons. The highest BCUT2D eigenvalue weighted by Gasteiger charge is 2.09. The van der Waals surface area contributed by atoms with Gasteiger partial charge < -0.3 is 15.2 Å². The molecular formula is C18H17ClN4O2. The zero-order valence-electron chi connectivity index (χ0n) is 13.6. The summed E-state index contributed by atoms with van der Waals surface area (Å²) in [5, 5.41) is 10.3. The number of aromatic nitrogens is 2. The first-order valence-corrected chi connectivity index (χ1v) is 8.17. The van der Waals surface area contributed by atoms with E-state index in [0.29, 0.717) is 23.0 Å². The summed E-state index contributed by atoms with van der Waals surface area (Å²) in [5.74, 6) is 1.43. The van der Waals surface area contributed by atoms with Gasteiger partial charge in [-0.25, -0.2) is 4.98 Å². The molecule has 2 aromatic heterocycles. The molecule has 3 aromatic rings. The Morgan fingerprint density at radius 2 is 2.08 bits per heavy atom. The number of nitrogens with zero attached hydrogens (tertiary/aromatic N) is 2. The Morgan fingerprint density at radius 3 is 2.76 bits per heavy atom. The topological polar surface area (TPSA) is 80.0 Å². The number of benzene rings is 1. The molecule has 0 unspecified atom stereocenters. The molecule has 3 rings (SSSR count). The number of rotatable bonds is 6. The number of carbonyl (C=O) groups excluding carboxylic acids is 1. The molecule has 2 N–H and O–H groups in total. The summed E-state index contributed by atoms with van der Waals surface area (Å²) >= 11 is 5.97. The summed E-state index contributed by atoms with van der Waals surface area (Å²) < 4.78 is 4.91. The van der Waals surface area contributed by atoms with Gasteiger partial charge in [0.2, 0.25) is 0 Å². The Labute approximate surface area is 150 Å². The molecule has 0 fully saturated rings. The predicted octanol–water partition coefficient (Wildman–Crippen LogP) is 3.94. The van der Waals surface area contributed by atoms with Crippen molar-refractivity contribution in [3.8, 4) is 0 Å². The quantitative estimate of drug-likeness (QED) is 0.699. The van der Waals surface area contributed by atoms with Crippen LogP contribution in [0.15, 0.2) is 53.2 Å². The van der Waals surface area contributed by atoms with Gasteiger partial charge in [-0.1, -0.05) is 28.9 Å². The largest absolute Gasteiger partial charge is 0.370 e. The lowest BCUT2D eigenvalue weighted by Gasteiger charge is -2.07. The molecular weight excluding hydrogens is 340 g/mol. The fourth-order valence-corrected chi connectivity index (χ4v) is 2.49. The Bertz CT molecular complexity index is 862. The minimum Gasteiger partial charge on any atom is -0.370 e. The van der Waals surface area contributed by atoms with Crippen molar-refractivity contribution in [2.45, 2.75) is 13.3 Å². The normalized spacial score (nSPS) is 10.5. The SMILES string of the molecule is Cc1cc(NC(=O)c2ccc(NCCc3cccc(Cl)c3)nc2)no1. The Morgan fingerprint density at radius 1 is 1.20 bits per heavy atom. The average molecular weight is 357 g/mol. The van der Waals surface area contributed by atoms with Gasteiger partial charge in [0.1, 0.15) is 11.6 Å². The molecule has 0 atom stereocenters. The van der Waals surface area contributed by atoms with Crippen molar-refractivity contribution in [1.82, 2.24) is 10.1 Å². The van der Waals surface area contributed by atoms with Crippen molar-refractivity contribution >= 4 is 29.1 Å². The third-order valence-electron chi connectivity index (χ3n) is 3.50. The van der Waals surface area contributed by atoms with E-state index in [0.717, 1.165) is 23.6 Å². The van der Waals surface area contributed by atoms with E-state index in [1.54, 1.807) is 25.1 Å². The van der Waals surface area contributed by atoms with Crippen molar-refractivity contribution in [3.63, 3.8) is 0 Å². The van der Waals surface area contributed by atoms with E-state index in [1.165, 1.54) is 6.20 Å². The number of hydrogen-bond acceptors (Lipinski definition) is 5. The molecule has 1 aromatic carbocycles. The van der Waals surface area contributed by atoms with Crippen LogP contribution in [0.25, 0.3) is 0 Å². The van der Waals surface area contributed by atoms with Gasteiger partial charge >= 0.3 is 0 Å². The zero-order chi connectivity index (χ0) is 17.6. The molecule has 2 heterocycles. The van der Waals surface area contributed by atoms with E-state index in [-0.39, 0.29) is 5.91 Å². The number of anilines is 2. The van der Waals surface area contributed by atoms with Crippen LogP contribution < -0.4 is 10.6 Å². The van der Waals surface area contributed by atoms with Crippen LogP contribution >= 0.6 is 11.6 Å². The van der Waals surface area contributed by atoms with Gasteiger partial charge in [0, 0.05) is 23.8 Å². The number of pyridine rings is 1. The van der Waals surface area contributed by atoms with E-state index in [1.807, 2.05) is 24.3 Å². The van der Waals surface area contributed by atoms with Gasteiger partial charge in [-0.2, -0.15) is 0 Å². The van der Waals surface area contributed by atoms with Crippen LogP contribution in [0.2, 0.25) is 5.02 Å². The van der Waals surface area contributed by atoms with Crippen LogP contribution in [0.5, 0.6) is 0 Å².